The summed E-state index contributed by atoms with van der Waals surface area (Å²) in [6, 6.07) is 18.7. The van der Waals surface area contributed by atoms with Gasteiger partial charge in [-0.2, -0.15) is 0 Å². The Morgan fingerprint density at radius 2 is 1.34 bits per heavy atom. The summed E-state index contributed by atoms with van der Waals surface area (Å²) in [5.74, 6) is -0.504. The Balaban J connectivity index is 1.50. The monoisotopic (exact) mass is 561 g/mol. The van der Waals surface area contributed by atoms with Gasteiger partial charge in [-0.3, -0.25) is 4.79 Å². The number of amides is 1. The molecule has 0 fully saturated rings. The molecule has 0 bridgehead atoms. The average molecular weight is 562 g/mol. The predicted molar refractivity (Wildman–Crippen MR) is 157 cm³/mol. The molecular formula is C33H39NO7. The molecule has 1 atom stereocenters. The molecule has 0 heterocycles. The van der Waals surface area contributed by atoms with E-state index in [1.807, 2.05) is 13.8 Å². The van der Waals surface area contributed by atoms with Crippen molar-refractivity contribution < 1.29 is 33.7 Å². The second-order valence-corrected chi connectivity index (χ2v) is 10.1. The molecule has 0 saturated carbocycles. The maximum absolute atomic E-state index is 12.6. The summed E-state index contributed by atoms with van der Waals surface area (Å²) in [6.07, 6.45) is 5.87. The number of nitrogens with one attached hydrogen (secondary N) is 1. The van der Waals surface area contributed by atoms with Gasteiger partial charge in [-0.15, -0.1) is 0 Å². The van der Waals surface area contributed by atoms with Crippen molar-refractivity contribution in [3.8, 4) is 17.2 Å². The second kappa shape index (κ2) is 16.1. The van der Waals surface area contributed by atoms with Crippen LogP contribution in [-0.2, 0) is 11.2 Å². The van der Waals surface area contributed by atoms with Gasteiger partial charge in [-0.1, -0.05) is 44.7 Å². The summed E-state index contributed by atoms with van der Waals surface area (Å²) < 4.78 is 16.8. The zero-order valence-electron chi connectivity index (χ0n) is 23.9. The topological polar surface area (TPSA) is 111 Å². The van der Waals surface area contributed by atoms with Crippen molar-refractivity contribution in [3.63, 3.8) is 0 Å². The second-order valence-electron chi connectivity index (χ2n) is 10.1. The normalized spacial score (nSPS) is 11.5. The summed E-state index contributed by atoms with van der Waals surface area (Å²) in [5.41, 5.74) is 1.38. The van der Waals surface area contributed by atoms with Gasteiger partial charge in [0.05, 0.1) is 18.3 Å². The van der Waals surface area contributed by atoms with Crippen molar-refractivity contribution >= 4 is 17.8 Å². The molecule has 8 nitrogen and oxygen atoms in total. The molecule has 0 radical (unpaired) electrons. The minimum atomic E-state index is -1.16. The molecule has 0 aliphatic rings. The third-order valence-electron chi connectivity index (χ3n) is 6.27. The number of carbonyl (C=O) groups excluding carboxylic acids is 2. The van der Waals surface area contributed by atoms with Crippen molar-refractivity contribution in [2.24, 2.45) is 0 Å². The van der Waals surface area contributed by atoms with Crippen LogP contribution in [0.15, 0.2) is 72.8 Å². The Labute approximate surface area is 241 Å². The maximum atomic E-state index is 12.6. The number of ether oxygens (including phenoxy) is 3. The van der Waals surface area contributed by atoms with Crippen molar-refractivity contribution in [1.29, 1.82) is 0 Å². The number of hydrogen-bond acceptors (Lipinski definition) is 6. The molecular weight excluding hydrogens is 522 g/mol. The Morgan fingerprint density at radius 1 is 0.756 bits per heavy atom. The third-order valence-corrected chi connectivity index (χ3v) is 6.27. The lowest BCUT2D eigenvalue weighted by molar-refractivity contribution is -0.139. The van der Waals surface area contributed by atoms with Crippen LogP contribution in [0, 0.1) is 0 Å². The Hall–Kier alpha value is -4.33. The summed E-state index contributed by atoms with van der Waals surface area (Å²) in [5, 5.41) is 12.2. The van der Waals surface area contributed by atoms with E-state index >= 15 is 0 Å². The summed E-state index contributed by atoms with van der Waals surface area (Å²) in [6.45, 7) is 6.64. The summed E-state index contributed by atoms with van der Waals surface area (Å²) in [7, 11) is 0. The smallest absolute Gasteiger partial charge is 0.343 e. The molecule has 1 amide bonds. The number of rotatable bonds is 16. The van der Waals surface area contributed by atoms with Crippen molar-refractivity contribution in [2.45, 2.75) is 71.4 Å². The zero-order chi connectivity index (χ0) is 29.6. The fourth-order valence-corrected chi connectivity index (χ4v) is 4.08. The van der Waals surface area contributed by atoms with Crippen molar-refractivity contribution in [3.05, 3.63) is 89.5 Å². The first kappa shape index (κ1) is 31.2. The number of carbonyl (C=O) groups is 3. The van der Waals surface area contributed by atoms with E-state index in [1.54, 1.807) is 72.8 Å². The minimum absolute atomic E-state index is 0.00200. The molecule has 8 heteroatoms. The van der Waals surface area contributed by atoms with E-state index in [0.717, 1.165) is 12.8 Å². The number of hydrogen-bond donors (Lipinski definition) is 2. The first-order chi connectivity index (χ1) is 19.7. The van der Waals surface area contributed by atoms with Crippen LogP contribution >= 0.6 is 0 Å². The Bertz CT molecular complexity index is 1250. The number of unbranched alkanes of at least 4 members (excludes halogenated alkanes) is 4. The molecule has 0 aliphatic carbocycles. The number of carboxylic acids is 1. The molecule has 3 rings (SSSR count). The first-order valence-electron chi connectivity index (χ1n) is 14.1. The molecule has 218 valence electrons. The van der Waals surface area contributed by atoms with E-state index in [1.165, 1.54) is 19.3 Å². The van der Waals surface area contributed by atoms with E-state index in [2.05, 4.69) is 12.2 Å². The molecule has 2 N–H and O–H groups in total. The van der Waals surface area contributed by atoms with Crippen molar-refractivity contribution in [1.82, 2.24) is 5.32 Å². The molecule has 0 spiro atoms. The molecule has 0 unspecified atom stereocenters. The molecule has 41 heavy (non-hydrogen) atoms. The van der Waals surface area contributed by atoms with Gasteiger partial charge >= 0.3 is 11.9 Å². The van der Waals surface area contributed by atoms with Gasteiger partial charge < -0.3 is 24.6 Å². The van der Waals surface area contributed by atoms with E-state index in [4.69, 9.17) is 14.2 Å². The summed E-state index contributed by atoms with van der Waals surface area (Å²) in [4.78, 5) is 37.0. The lowest BCUT2D eigenvalue weighted by Crippen LogP contribution is -2.42. The quantitative estimate of drug-likeness (QED) is 0.117. The van der Waals surface area contributed by atoms with Crippen LogP contribution in [0.25, 0.3) is 0 Å². The third kappa shape index (κ3) is 10.6. The van der Waals surface area contributed by atoms with Gasteiger partial charge in [0.1, 0.15) is 23.3 Å². The largest absolute Gasteiger partial charge is 0.494 e. The maximum Gasteiger partial charge on any atom is 0.343 e. The van der Waals surface area contributed by atoms with E-state index < -0.39 is 23.9 Å². The number of carboxylic acid groups (broad SMARTS) is 1. The highest BCUT2D eigenvalue weighted by molar-refractivity contribution is 5.96. The summed E-state index contributed by atoms with van der Waals surface area (Å²) >= 11 is 0. The lowest BCUT2D eigenvalue weighted by Gasteiger charge is -2.15. The van der Waals surface area contributed by atoms with Crippen LogP contribution in [0.1, 0.15) is 79.2 Å². The minimum Gasteiger partial charge on any atom is -0.494 e. The number of benzene rings is 3. The molecule has 0 saturated heterocycles. The van der Waals surface area contributed by atoms with Gasteiger partial charge in [0.25, 0.3) is 5.91 Å². The van der Waals surface area contributed by atoms with Gasteiger partial charge in [-0.25, -0.2) is 9.59 Å². The van der Waals surface area contributed by atoms with Gasteiger partial charge in [0, 0.05) is 12.0 Å². The highest BCUT2D eigenvalue weighted by Gasteiger charge is 2.21. The van der Waals surface area contributed by atoms with Crippen LogP contribution < -0.4 is 19.5 Å². The highest BCUT2D eigenvalue weighted by atomic mass is 16.5. The average Bonchev–Trinajstić information content (AvgIpc) is 2.95. The fourth-order valence-electron chi connectivity index (χ4n) is 4.08. The lowest BCUT2D eigenvalue weighted by atomic mass is 10.1. The number of esters is 1. The zero-order valence-corrected chi connectivity index (χ0v) is 23.9. The standard InChI is InChI=1S/C33H39NO7/c1-4-5-6-7-8-21-39-27-17-13-26(14-18-27)33(38)41-29-15-9-24(10-16-29)22-30(32(36)37)34-31(35)25-11-19-28(20-12-25)40-23(2)3/h9-20,23,30H,4-8,21-22H2,1-3H3,(H,34,35)(H,36,37)/t30-/m0/s1. The van der Waals surface area contributed by atoms with Crippen LogP contribution in [0.5, 0.6) is 17.2 Å². The molecule has 3 aromatic rings. The first-order valence-corrected chi connectivity index (χ1v) is 14.1. The van der Waals surface area contributed by atoms with Gasteiger partial charge in [0.15, 0.2) is 0 Å². The van der Waals surface area contributed by atoms with E-state index in [-0.39, 0.29) is 12.5 Å². The SMILES string of the molecule is CCCCCCCOc1ccc(C(=O)Oc2ccc(C[C@H](NC(=O)c3ccc(OC(C)C)cc3)C(=O)O)cc2)cc1. The predicted octanol–water partition coefficient (Wildman–Crippen LogP) is 6.47. The number of aliphatic carboxylic acids is 1. The fraction of sp³-hybridized carbons (Fsp3) is 0.364. The van der Waals surface area contributed by atoms with Crippen molar-refractivity contribution in [2.75, 3.05) is 6.61 Å². The van der Waals surface area contributed by atoms with Gasteiger partial charge in [0.2, 0.25) is 0 Å². The van der Waals surface area contributed by atoms with Crippen LogP contribution in [0.3, 0.4) is 0 Å². The van der Waals surface area contributed by atoms with E-state index in [9.17, 15) is 19.5 Å². The molecule has 0 aliphatic heterocycles. The molecule has 3 aromatic carbocycles. The van der Waals surface area contributed by atoms with Gasteiger partial charge in [-0.05, 0) is 86.5 Å². The van der Waals surface area contributed by atoms with Crippen LogP contribution in [0.4, 0.5) is 0 Å². The molecule has 0 aromatic heterocycles. The van der Waals surface area contributed by atoms with Crippen LogP contribution in [-0.4, -0.2) is 41.7 Å². The van der Waals surface area contributed by atoms with Crippen LogP contribution in [0.2, 0.25) is 0 Å². The highest BCUT2D eigenvalue weighted by Crippen LogP contribution is 2.19. The van der Waals surface area contributed by atoms with E-state index in [0.29, 0.717) is 40.5 Å². The Morgan fingerprint density at radius 3 is 1.95 bits per heavy atom. The Kier molecular flexibility index (Phi) is 12.2.